The molecule has 0 bridgehead atoms. The fourth-order valence-corrected chi connectivity index (χ4v) is 3.75. The third-order valence-corrected chi connectivity index (χ3v) is 5.57. The topological polar surface area (TPSA) is 49.3 Å². The fourth-order valence-electron chi connectivity index (χ4n) is 2.09. The van der Waals surface area contributed by atoms with Gasteiger partial charge in [0.25, 0.3) is 0 Å². The van der Waals surface area contributed by atoms with Gasteiger partial charge in [-0.25, -0.2) is 4.98 Å². The van der Waals surface area contributed by atoms with Gasteiger partial charge in [-0.15, -0.1) is 23.1 Å². The number of nitrogens with zero attached hydrogens (tertiary/aromatic N) is 2. The molecule has 0 aliphatic heterocycles. The van der Waals surface area contributed by atoms with Crippen LogP contribution >= 0.6 is 23.1 Å². The number of hydrogen-bond acceptors (Lipinski definition) is 4. The molecule has 0 aliphatic rings. The standard InChI is InChI=1S/C18H26N4S2/c1-14(2)17-22-15(13-24-17)9-10-20-18(19-3)21-11-12-23-16-7-5-4-6-8-16/h4-8,13-14H,9-12H2,1-3H3,(H2,19,20,21). The first-order chi connectivity index (χ1) is 11.7. The summed E-state index contributed by atoms with van der Waals surface area (Å²) < 4.78 is 0. The summed E-state index contributed by atoms with van der Waals surface area (Å²) in [6.07, 6.45) is 0.919. The lowest BCUT2D eigenvalue weighted by molar-refractivity contribution is 0.787. The van der Waals surface area contributed by atoms with Crippen LogP contribution in [0.2, 0.25) is 0 Å². The molecular weight excluding hydrogens is 336 g/mol. The number of thioether (sulfide) groups is 1. The van der Waals surface area contributed by atoms with Crippen LogP contribution in [0.4, 0.5) is 0 Å². The van der Waals surface area contributed by atoms with Crippen LogP contribution in [0.1, 0.15) is 30.5 Å². The van der Waals surface area contributed by atoms with Crippen LogP contribution in [0, 0.1) is 0 Å². The smallest absolute Gasteiger partial charge is 0.191 e. The Labute approximate surface area is 153 Å². The minimum absolute atomic E-state index is 0.508. The van der Waals surface area contributed by atoms with Crippen molar-refractivity contribution in [3.8, 4) is 0 Å². The largest absolute Gasteiger partial charge is 0.356 e. The summed E-state index contributed by atoms with van der Waals surface area (Å²) in [7, 11) is 1.80. The molecule has 1 heterocycles. The first-order valence-electron chi connectivity index (χ1n) is 8.25. The Bertz CT molecular complexity index is 623. The van der Waals surface area contributed by atoms with Gasteiger partial charge >= 0.3 is 0 Å². The number of guanidine groups is 1. The number of aliphatic imine (C=N–C) groups is 1. The van der Waals surface area contributed by atoms with Crippen LogP contribution in [0.5, 0.6) is 0 Å². The lowest BCUT2D eigenvalue weighted by Crippen LogP contribution is -2.39. The zero-order valence-electron chi connectivity index (χ0n) is 14.6. The average molecular weight is 363 g/mol. The van der Waals surface area contributed by atoms with Crippen LogP contribution < -0.4 is 10.6 Å². The Kier molecular flexibility index (Phi) is 8.12. The second-order valence-electron chi connectivity index (χ2n) is 5.67. The van der Waals surface area contributed by atoms with Gasteiger partial charge in [0.05, 0.1) is 10.7 Å². The van der Waals surface area contributed by atoms with Crippen molar-refractivity contribution in [3.05, 3.63) is 46.4 Å². The summed E-state index contributed by atoms with van der Waals surface area (Å²) >= 11 is 3.59. The Morgan fingerprint density at radius 2 is 1.96 bits per heavy atom. The van der Waals surface area contributed by atoms with Crippen molar-refractivity contribution in [3.63, 3.8) is 0 Å². The molecular formula is C18H26N4S2. The fraction of sp³-hybridized carbons (Fsp3) is 0.444. The van der Waals surface area contributed by atoms with Gasteiger partial charge in [-0.1, -0.05) is 32.0 Å². The molecule has 1 aromatic heterocycles. The molecule has 0 fully saturated rings. The van der Waals surface area contributed by atoms with E-state index in [4.69, 9.17) is 0 Å². The number of nitrogens with one attached hydrogen (secondary N) is 2. The summed E-state index contributed by atoms with van der Waals surface area (Å²) in [5.74, 6) is 2.37. The summed E-state index contributed by atoms with van der Waals surface area (Å²) in [4.78, 5) is 10.2. The van der Waals surface area contributed by atoms with Gasteiger partial charge in [-0.3, -0.25) is 4.99 Å². The lowest BCUT2D eigenvalue weighted by atomic mass is 10.2. The van der Waals surface area contributed by atoms with Crippen LogP contribution in [-0.2, 0) is 6.42 Å². The van der Waals surface area contributed by atoms with Gasteiger partial charge < -0.3 is 10.6 Å². The van der Waals surface area contributed by atoms with Gasteiger partial charge in [-0.2, -0.15) is 0 Å². The van der Waals surface area contributed by atoms with Crippen molar-refractivity contribution < 1.29 is 0 Å². The average Bonchev–Trinajstić information content (AvgIpc) is 3.07. The summed E-state index contributed by atoms with van der Waals surface area (Å²) in [5.41, 5.74) is 1.16. The molecule has 0 aliphatic carbocycles. The normalized spacial score (nSPS) is 11.8. The second-order valence-corrected chi connectivity index (χ2v) is 7.73. The van der Waals surface area contributed by atoms with Gasteiger partial charge in [0, 0.05) is 48.5 Å². The van der Waals surface area contributed by atoms with Crippen LogP contribution in [-0.4, -0.2) is 36.8 Å². The third kappa shape index (κ3) is 6.53. The highest BCUT2D eigenvalue weighted by Gasteiger charge is 2.06. The minimum atomic E-state index is 0.508. The van der Waals surface area contributed by atoms with Crippen molar-refractivity contribution in [2.75, 3.05) is 25.9 Å². The molecule has 2 rings (SSSR count). The SMILES string of the molecule is CN=C(NCCSc1ccccc1)NCCc1csc(C(C)C)n1. The summed E-state index contributed by atoms with van der Waals surface area (Å²) in [6.45, 7) is 6.08. The maximum Gasteiger partial charge on any atom is 0.191 e. The molecule has 2 aromatic rings. The van der Waals surface area contributed by atoms with E-state index in [1.54, 1.807) is 18.4 Å². The van der Waals surface area contributed by atoms with E-state index < -0.39 is 0 Å². The van der Waals surface area contributed by atoms with Gasteiger partial charge in [0.15, 0.2) is 5.96 Å². The summed E-state index contributed by atoms with van der Waals surface area (Å²) in [5, 5.41) is 10.1. The molecule has 0 unspecified atom stereocenters. The van der Waals surface area contributed by atoms with E-state index in [1.807, 2.05) is 17.8 Å². The number of aromatic nitrogens is 1. The third-order valence-electron chi connectivity index (χ3n) is 3.37. The molecule has 0 atom stereocenters. The van der Waals surface area contributed by atoms with Crippen LogP contribution in [0.15, 0.2) is 45.6 Å². The van der Waals surface area contributed by atoms with Gasteiger partial charge in [-0.05, 0) is 12.1 Å². The Hall–Kier alpha value is -1.53. The van der Waals surface area contributed by atoms with E-state index in [1.165, 1.54) is 9.90 Å². The molecule has 0 radical (unpaired) electrons. The molecule has 24 heavy (non-hydrogen) atoms. The van der Waals surface area contributed by atoms with Crippen molar-refractivity contribution in [2.45, 2.75) is 31.1 Å². The quantitative estimate of drug-likeness (QED) is 0.325. The molecule has 0 amide bonds. The van der Waals surface area contributed by atoms with Crippen LogP contribution in [0.3, 0.4) is 0 Å². The van der Waals surface area contributed by atoms with Gasteiger partial charge in [0.2, 0.25) is 0 Å². The van der Waals surface area contributed by atoms with Crippen molar-refractivity contribution >= 4 is 29.1 Å². The Morgan fingerprint density at radius 3 is 2.62 bits per heavy atom. The zero-order valence-corrected chi connectivity index (χ0v) is 16.2. The molecule has 0 saturated heterocycles. The molecule has 1 aromatic carbocycles. The minimum Gasteiger partial charge on any atom is -0.356 e. The van der Waals surface area contributed by atoms with E-state index in [-0.39, 0.29) is 0 Å². The van der Waals surface area contributed by atoms with Crippen molar-refractivity contribution in [1.29, 1.82) is 0 Å². The highest BCUT2D eigenvalue weighted by Crippen LogP contribution is 2.19. The van der Waals surface area contributed by atoms with Crippen molar-refractivity contribution in [1.82, 2.24) is 15.6 Å². The lowest BCUT2D eigenvalue weighted by Gasteiger charge is -2.11. The Balaban J connectivity index is 1.63. The number of hydrogen-bond donors (Lipinski definition) is 2. The van der Waals surface area contributed by atoms with E-state index in [0.29, 0.717) is 5.92 Å². The highest BCUT2D eigenvalue weighted by molar-refractivity contribution is 7.99. The van der Waals surface area contributed by atoms with E-state index in [2.05, 4.69) is 64.1 Å². The molecule has 0 spiro atoms. The van der Waals surface area contributed by atoms with E-state index in [9.17, 15) is 0 Å². The molecule has 130 valence electrons. The monoisotopic (exact) mass is 362 g/mol. The summed E-state index contributed by atoms with van der Waals surface area (Å²) in [6, 6.07) is 10.5. The van der Waals surface area contributed by atoms with E-state index >= 15 is 0 Å². The first kappa shape index (κ1) is 18.8. The molecule has 6 heteroatoms. The maximum absolute atomic E-state index is 4.66. The number of rotatable bonds is 8. The number of thiazole rings is 1. The van der Waals surface area contributed by atoms with Gasteiger partial charge in [0.1, 0.15) is 0 Å². The predicted molar refractivity (Wildman–Crippen MR) is 106 cm³/mol. The molecule has 0 saturated carbocycles. The Morgan fingerprint density at radius 1 is 1.21 bits per heavy atom. The van der Waals surface area contributed by atoms with Crippen LogP contribution in [0.25, 0.3) is 0 Å². The first-order valence-corrected chi connectivity index (χ1v) is 10.1. The van der Waals surface area contributed by atoms with E-state index in [0.717, 1.165) is 36.9 Å². The number of benzene rings is 1. The second kappa shape index (κ2) is 10.4. The molecule has 4 nitrogen and oxygen atoms in total. The zero-order chi connectivity index (χ0) is 17.2. The van der Waals surface area contributed by atoms with Crippen molar-refractivity contribution in [2.24, 2.45) is 4.99 Å². The maximum atomic E-state index is 4.66. The molecule has 2 N–H and O–H groups in total. The highest BCUT2D eigenvalue weighted by atomic mass is 32.2. The predicted octanol–water partition coefficient (Wildman–Crippen LogP) is 3.77.